The second-order valence-electron chi connectivity index (χ2n) is 2.95. The minimum Gasteiger partial charge on any atom is -1.00 e. The van der Waals surface area contributed by atoms with E-state index in [0.29, 0.717) is 6.42 Å². The Hall–Kier alpha value is 0.760. The van der Waals surface area contributed by atoms with Gasteiger partial charge in [-0.1, -0.05) is 30.1 Å². The normalized spacial score (nSPS) is 11.1. The molecule has 1 unspecified atom stereocenters. The third-order valence-electron chi connectivity index (χ3n) is 1.92. The van der Waals surface area contributed by atoms with E-state index < -0.39 is 12.0 Å². The molecule has 0 fully saturated rings. The third kappa shape index (κ3) is 5.39. The van der Waals surface area contributed by atoms with Crippen molar-refractivity contribution in [3.63, 3.8) is 0 Å². The van der Waals surface area contributed by atoms with Crippen LogP contribution in [-0.4, -0.2) is 31.3 Å². The first-order valence-electron chi connectivity index (χ1n) is 4.39. The average Bonchev–Trinajstić information content (AvgIpc) is 2.52. The zero-order valence-corrected chi connectivity index (χ0v) is 14.6. The van der Waals surface area contributed by atoms with Crippen LogP contribution in [0.4, 0.5) is 0 Å². The minimum absolute atomic E-state index is 0. The molecule has 0 bridgehead atoms. The SMILES string of the molecule is CCCCC(C(=O)O)n1[nH]nnc1=S.[H-].[H-].[Na+].[Na+]. The number of nitrogens with one attached hydrogen (secondary N) is 1. The van der Waals surface area contributed by atoms with Crippen molar-refractivity contribution in [2.24, 2.45) is 0 Å². The van der Waals surface area contributed by atoms with Crippen molar-refractivity contribution in [2.75, 3.05) is 0 Å². The number of aromatic nitrogens is 4. The van der Waals surface area contributed by atoms with Crippen LogP contribution in [-0.2, 0) is 4.79 Å². The molecule has 1 rings (SSSR count). The Morgan fingerprint density at radius 1 is 1.69 bits per heavy atom. The second kappa shape index (κ2) is 9.76. The number of hydrogen-bond donors (Lipinski definition) is 2. The van der Waals surface area contributed by atoms with Gasteiger partial charge in [-0.3, -0.25) is 0 Å². The van der Waals surface area contributed by atoms with Crippen molar-refractivity contribution >= 4 is 18.2 Å². The number of rotatable bonds is 5. The number of carboxylic acid groups (broad SMARTS) is 1. The van der Waals surface area contributed by atoms with Crippen molar-refractivity contribution < 1.29 is 71.9 Å². The predicted octanol–water partition coefficient (Wildman–Crippen LogP) is -4.62. The van der Waals surface area contributed by atoms with Crippen LogP contribution < -0.4 is 59.1 Å². The summed E-state index contributed by atoms with van der Waals surface area (Å²) < 4.78 is 1.47. The zero-order valence-electron chi connectivity index (χ0n) is 11.8. The van der Waals surface area contributed by atoms with Gasteiger partial charge in [0.15, 0.2) is 6.04 Å². The molecule has 6 nitrogen and oxygen atoms in total. The molecule has 0 saturated carbocycles. The molecule has 0 aliphatic heterocycles. The standard InChI is InChI=1S/C7H12N4O2S.2Na.2H/c1-2-3-4-5(6(12)13)11-7(14)8-9-10-11;;;;/h5H,2-4H2,1H3,(H,12,13)(H,8,10,14);;;;/q;2*+1;2*-1. The predicted molar refractivity (Wildman–Crippen MR) is 53.6 cm³/mol. The van der Waals surface area contributed by atoms with Crippen molar-refractivity contribution in [2.45, 2.75) is 32.2 Å². The fourth-order valence-electron chi connectivity index (χ4n) is 1.17. The van der Waals surface area contributed by atoms with Crippen LogP contribution in [0.5, 0.6) is 0 Å². The summed E-state index contributed by atoms with van der Waals surface area (Å²) in [7, 11) is 0. The van der Waals surface area contributed by atoms with Gasteiger partial charge in [0, 0.05) is 0 Å². The van der Waals surface area contributed by atoms with Crippen molar-refractivity contribution in [1.82, 2.24) is 20.2 Å². The summed E-state index contributed by atoms with van der Waals surface area (Å²) in [6.45, 7) is 2.00. The number of unbranched alkanes of at least 4 members (excludes halogenated alkanes) is 1. The number of carbonyl (C=O) groups is 1. The van der Waals surface area contributed by atoms with Crippen LogP contribution in [0, 0.1) is 4.77 Å². The Balaban J connectivity index is -0.000000245. The fraction of sp³-hybridized carbons (Fsp3) is 0.714. The summed E-state index contributed by atoms with van der Waals surface area (Å²) >= 11 is 4.83. The first kappa shape index (κ1) is 19.1. The molecule has 82 valence electrons. The molecular weight excluding hydrogens is 250 g/mol. The number of H-pyrrole nitrogens is 1. The summed E-state index contributed by atoms with van der Waals surface area (Å²) in [4.78, 5) is 10.9. The van der Waals surface area contributed by atoms with Crippen molar-refractivity contribution in [3.8, 4) is 0 Å². The molecule has 0 aliphatic carbocycles. The molecule has 2 N–H and O–H groups in total. The van der Waals surface area contributed by atoms with Crippen LogP contribution in [0.15, 0.2) is 0 Å². The van der Waals surface area contributed by atoms with Crippen LogP contribution >= 0.6 is 12.2 Å². The first-order chi connectivity index (χ1) is 6.66. The van der Waals surface area contributed by atoms with Crippen molar-refractivity contribution in [3.05, 3.63) is 4.77 Å². The number of carboxylic acids is 1. The van der Waals surface area contributed by atoms with E-state index in [1.165, 1.54) is 4.68 Å². The molecule has 1 aromatic heterocycles. The number of tetrazole rings is 1. The van der Waals surface area contributed by atoms with E-state index in [4.69, 9.17) is 17.3 Å². The Bertz CT molecular complexity index is 376. The Labute approximate surface area is 146 Å². The topological polar surface area (TPSA) is 83.8 Å². The van der Waals surface area contributed by atoms with Gasteiger partial charge in [0.2, 0.25) is 4.77 Å². The summed E-state index contributed by atoms with van der Waals surface area (Å²) in [5, 5.41) is 18.4. The van der Waals surface area contributed by atoms with Crippen LogP contribution in [0.2, 0.25) is 0 Å². The van der Waals surface area contributed by atoms with Gasteiger partial charge in [0.1, 0.15) is 0 Å². The van der Waals surface area contributed by atoms with Gasteiger partial charge in [-0.05, 0) is 18.6 Å². The second-order valence-corrected chi connectivity index (χ2v) is 3.31. The Morgan fingerprint density at radius 3 is 2.69 bits per heavy atom. The van der Waals surface area contributed by atoms with E-state index in [-0.39, 0.29) is 66.7 Å². The zero-order chi connectivity index (χ0) is 10.6. The summed E-state index contributed by atoms with van der Waals surface area (Å²) in [6, 6.07) is -0.683. The fourth-order valence-corrected chi connectivity index (χ4v) is 1.38. The van der Waals surface area contributed by atoms with Gasteiger partial charge in [0.25, 0.3) is 0 Å². The molecule has 0 amide bonds. The quantitative estimate of drug-likeness (QED) is 0.413. The first-order valence-corrected chi connectivity index (χ1v) is 4.80. The van der Waals surface area contributed by atoms with E-state index in [9.17, 15) is 4.79 Å². The Kier molecular flexibility index (Phi) is 11.7. The summed E-state index contributed by atoms with van der Waals surface area (Å²) in [5.74, 6) is -0.916. The minimum atomic E-state index is -0.916. The molecule has 0 aromatic carbocycles. The molecule has 1 atom stereocenters. The van der Waals surface area contributed by atoms with Crippen LogP contribution in [0.1, 0.15) is 35.1 Å². The maximum absolute atomic E-state index is 10.9. The third-order valence-corrected chi connectivity index (χ3v) is 2.20. The number of hydrogen-bond acceptors (Lipinski definition) is 4. The number of nitrogens with zero attached hydrogens (tertiary/aromatic N) is 3. The van der Waals surface area contributed by atoms with Gasteiger partial charge in [0.05, 0.1) is 0 Å². The molecule has 9 heteroatoms. The maximum Gasteiger partial charge on any atom is 1.00 e. The molecule has 1 heterocycles. The summed E-state index contributed by atoms with van der Waals surface area (Å²) in [6.07, 6.45) is 2.31. The number of aliphatic carboxylic acids is 1. The molecule has 1 aromatic rings. The van der Waals surface area contributed by atoms with E-state index in [2.05, 4.69) is 15.5 Å². The number of aromatic amines is 1. The van der Waals surface area contributed by atoms with Gasteiger partial charge >= 0.3 is 65.1 Å². The van der Waals surface area contributed by atoms with Gasteiger partial charge in [-0.2, -0.15) is 5.21 Å². The van der Waals surface area contributed by atoms with E-state index in [1.54, 1.807) is 0 Å². The molecule has 0 saturated heterocycles. The van der Waals surface area contributed by atoms with E-state index >= 15 is 0 Å². The van der Waals surface area contributed by atoms with E-state index in [0.717, 1.165) is 12.8 Å². The van der Waals surface area contributed by atoms with Crippen LogP contribution in [0.3, 0.4) is 0 Å². The van der Waals surface area contributed by atoms with Crippen molar-refractivity contribution in [1.29, 1.82) is 0 Å². The maximum atomic E-state index is 10.9. The molecule has 16 heavy (non-hydrogen) atoms. The van der Waals surface area contributed by atoms with E-state index in [1.807, 2.05) is 6.92 Å². The Morgan fingerprint density at radius 2 is 2.31 bits per heavy atom. The molecular formula is C7H14N4Na2O2S. The molecule has 0 spiro atoms. The molecule has 0 radical (unpaired) electrons. The largest absolute Gasteiger partial charge is 1.00 e. The average molecular weight is 264 g/mol. The van der Waals surface area contributed by atoms with Gasteiger partial charge in [-0.25, -0.2) is 9.48 Å². The van der Waals surface area contributed by atoms with Gasteiger partial charge < -0.3 is 7.96 Å². The van der Waals surface area contributed by atoms with Crippen LogP contribution in [0.25, 0.3) is 0 Å². The molecule has 0 aliphatic rings. The van der Waals surface area contributed by atoms with Gasteiger partial charge in [-0.15, -0.1) is 0 Å². The smallest absolute Gasteiger partial charge is 1.00 e. The summed E-state index contributed by atoms with van der Waals surface area (Å²) in [5.41, 5.74) is 0. The monoisotopic (exact) mass is 264 g/mol.